The van der Waals surface area contributed by atoms with Gasteiger partial charge in [0.25, 0.3) is 0 Å². The number of nitrogens with one attached hydrogen (secondary N) is 1. The molecule has 2 aromatic carbocycles. The van der Waals surface area contributed by atoms with Gasteiger partial charge in [0.2, 0.25) is 0 Å². The fourth-order valence-corrected chi connectivity index (χ4v) is 2.78. The first-order valence-corrected chi connectivity index (χ1v) is 7.68. The number of ether oxygens (including phenoxy) is 1. The predicted molar refractivity (Wildman–Crippen MR) is 89.7 cm³/mol. The van der Waals surface area contributed by atoms with E-state index >= 15 is 0 Å². The summed E-state index contributed by atoms with van der Waals surface area (Å²) in [5.74, 6) is 0.617. The van der Waals surface area contributed by atoms with E-state index in [1.165, 1.54) is 5.56 Å². The largest absolute Gasteiger partial charge is 0.492 e. The Hall–Kier alpha value is -1.22. The van der Waals surface area contributed by atoms with Crippen LogP contribution in [0.1, 0.15) is 29.7 Å². The zero-order valence-corrected chi connectivity index (χ0v) is 13.9. The number of halogens is 2. The van der Waals surface area contributed by atoms with Crippen molar-refractivity contribution < 1.29 is 4.74 Å². The lowest BCUT2D eigenvalue weighted by Crippen LogP contribution is -2.18. The van der Waals surface area contributed by atoms with Crippen LogP contribution < -0.4 is 10.1 Å². The molecule has 2 aromatic rings. The summed E-state index contributed by atoms with van der Waals surface area (Å²) in [5, 5.41) is 4.50. The second-order valence-electron chi connectivity index (χ2n) is 4.87. The fourth-order valence-electron chi connectivity index (χ4n) is 2.29. The van der Waals surface area contributed by atoms with Gasteiger partial charge in [0.05, 0.1) is 17.7 Å². The molecule has 0 saturated heterocycles. The molecular formula is C17H19Cl2NO. The molecule has 0 spiro atoms. The molecule has 0 aromatic heterocycles. The summed E-state index contributed by atoms with van der Waals surface area (Å²) < 4.78 is 5.47. The number of hydrogen-bond acceptors (Lipinski definition) is 2. The van der Waals surface area contributed by atoms with Crippen molar-refractivity contribution in [3.8, 4) is 5.75 Å². The van der Waals surface area contributed by atoms with Crippen LogP contribution in [0.4, 0.5) is 0 Å². The first-order valence-electron chi connectivity index (χ1n) is 6.92. The van der Waals surface area contributed by atoms with Crippen molar-refractivity contribution in [2.24, 2.45) is 0 Å². The van der Waals surface area contributed by atoms with E-state index in [-0.39, 0.29) is 6.04 Å². The molecule has 0 amide bonds. The molecule has 1 unspecified atom stereocenters. The molecular weight excluding hydrogens is 305 g/mol. The van der Waals surface area contributed by atoms with Crippen LogP contribution in [0, 0.1) is 6.92 Å². The van der Waals surface area contributed by atoms with Crippen LogP contribution in [0.3, 0.4) is 0 Å². The minimum Gasteiger partial charge on any atom is -0.492 e. The van der Waals surface area contributed by atoms with Gasteiger partial charge in [-0.25, -0.2) is 0 Å². The molecule has 1 atom stereocenters. The number of rotatable bonds is 5. The van der Waals surface area contributed by atoms with Gasteiger partial charge < -0.3 is 10.1 Å². The number of hydrogen-bond donors (Lipinski definition) is 1. The van der Waals surface area contributed by atoms with E-state index in [9.17, 15) is 0 Å². The molecule has 0 aliphatic carbocycles. The Kier molecular flexibility index (Phi) is 5.51. The molecule has 0 heterocycles. The van der Waals surface area contributed by atoms with Crippen LogP contribution in [0.15, 0.2) is 36.4 Å². The number of benzene rings is 2. The molecule has 0 radical (unpaired) electrons. The Bertz CT molecular complexity index is 611. The molecule has 0 aliphatic rings. The van der Waals surface area contributed by atoms with E-state index in [4.69, 9.17) is 27.9 Å². The fraction of sp³-hybridized carbons (Fsp3) is 0.294. The lowest BCUT2D eigenvalue weighted by Gasteiger charge is -2.20. The highest BCUT2D eigenvalue weighted by Crippen LogP contribution is 2.36. The van der Waals surface area contributed by atoms with Crippen molar-refractivity contribution in [1.82, 2.24) is 5.32 Å². The van der Waals surface area contributed by atoms with Crippen LogP contribution in [0.5, 0.6) is 5.75 Å². The molecule has 21 heavy (non-hydrogen) atoms. The molecule has 0 aliphatic heterocycles. The highest BCUT2D eigenvalue weighted by atomic mass is 35.5. The Balaban J connectivity index is 2.42. The minimum absolute atomic E-state index is 0.00808. The molecule has 1 N–H and O–H groups in total. The van der Waals surface area contributed by atoms with Crippen molar-refractivity contribution in [3.63, 3.8) is 0 Å². The maximum Gasteiger partial charge on any atom is 0.139 e. The number of aryl methyl sites for hydroxylation is 1. The van der Waals surface area contributed by atoms with E-state index in [0.29, 0.717) is 22.4 Å². The Morgan fingerprint density at radius 3 is 2.33 bits per heavy atom. The summed E-state index contributed by atoms with van der Waals surface area (Å²) in [4.78, 5) is 0. The van der Waals surface area contributed by atoms with Crippen LogP contribution in [0.2, 0.25) is 10.0 Å². The van der Waals surface area contributed by atoms with Gasteiger partial charge in [-0.3, -0.25) is 0 Å². The third-order valence-corrected chi connectivity index (χ3v) is 3.98. The van der Waals surface area contributed by atoms with Crippen LogP contribution in [-0.4, -0.2) is 13.7 Å². The minimum atomic E-state index is -0.00808. The average Bonchev–Trinajstić information content (AvgIpc) is 2.47. The standard InChI is InChI=1S/C17H19Cl2NO/c1-4-21-16-10-14(18)13(9-15(16)19)17(20-3)12-7-5-11(2)6-8-12/h5-10,17,20H,4H2,1-3H3. The zero-order chi connectivity index (χ0) is 15.4. The summed E-state index contributed by atoms with van der Waals surface area (Å²) in [6.45, 7) is 4.54. The van der Waals surface area contributed by atoms with Crippen molar-refractivity contribution in [2.45, 2.75) is 19.9 Å². The van der Waals surface area contributed by atoms with Gasteiger partial charge in [-0.2, -0.15) is 0 Å². The normalized spacial score (nSPS) is 12.2. The summed E-state index contributed by atoms with van der Waals surface area (Å²) >= 11 is 12.7. The monoisotopic (exact) mass is 323 g/mol. The summed E-state index contributed by atoms with van der Waals surface area (Å²) in [6, 6.07) is 12.0. The van der Waals surface area contributed by atoms with Gasteiger partial charge in [-0.15, -0.1) is 0 Å². The van der Waals surface area contributed by atoms with Gasteiger partial charge in [0.15, 0.2) is 0 Å². The van der Waals surface area contributed by atoms with E-state index in [2.05, 4.69) is 36.5 Å². The third kappa shape index (κ3) is 3.70. The maximum absolute atomic E-state index is 6.41. The Morgan fingerprint density at radius 2 is 1.76 bits per heavy atom. The second kappa shape index (κ2) is 7.17. The molecule has 2 nitrogen and oxygen atoms in total. The third-order valence-electron chi connectivity index (χ3n) is 3.36. The smallest absolute Gasteiger partial charge is 0.139 e. The summed E-state index contributed by atoms with van der Waals surface area (Å²) in [5.41, 5.74) is 3.31. The van der Waals surface area contributed by atoms with Gasteiger partial charge in [-0.05, 0) is 38.1 Å². The first kappa shape index (κ1) is 16.2. The van der Waals surface area contributed by atoms with Crippen LogP contribution in [-0.2, 0) is 0 Å². The van der Waals surface area contributed by atoms with E-state index in [0.717, 1.165) is 11.1 Å². The second-order valence-corrected chi connectivity index (χ2v) is 5.68. The molecule has 4 heteroatoms. The van der Waals surface area contributed by atoms with E-state index in [1.807, 2.05) is 20.0 Å². The SMILES string of the molecule is CCOc1cc(Cl)c(C(NC)c2ccc(C)cc2)cc1Cl. The first-order chi connectivity index (χ1) is 10.1. The van der Waals surface area contributed by atoms with Gasteiger partial charge >= 0.3 is 0 Å². The van der Waals surface area contributed by atoms with Gasteiger partial charge in [0, 0.05) is 11.1 Å². The van der Waals surface area contributed by atoms with Gasteiger partial charge in [-0.1, -0.05) is 53.0 Å². The summed E-state index contributed by atoms with van der Waals surface area (Å²) in [6.07, 6.45) is 0. The molecule has 112 valence electrons. The summed E-state index contributed by atoms with van der Waals surface area (Å²) in [7, 11) is 1.91. The van der Waals surface area contributed by atoms with E-state index < -0.39 is 0 Å². The Labute approximate surface area is 136 Å². The highest BCUT2D eigenvalue weighted by Gasteiger charge is 2.18. The topological polar surface area (TPSA) is 21.3 Å². The maximum atomic E-state index is 6.41. The predicted octanol–water partition coefficient (Wildman–Crippen LogP) is 5.01. The average molecular weight is 324 g/mol. The Morgan fingerprint density at radius 1 is 1.10 bits per heavy atom. The molecule has 2 rings (SSSR count). The van der Waals surface area contributed by atoms with Crippen molar-refractivity contribution >= 4 is 23.2 Å². The van der Waals surface area contributed by atoms with Crippen molar-refractivity contribution in [2.75, 3.05) is 13.7 Å². The van der Waals surface area contributed by atoms with Crippen LogP contribution in [0.25, 0.3) is 0 Å². The van der Waals surface area contributed by atoms with Crippen molar-refractivity contribution in [3.05, 3.63) is 63.1 Å². The molecule has 0 fully saturated rings. The van der Waals surface area contributed by atoms with Crippen LogP contribution >= 0.6 is 23.2 Å². The quantitative estimate of drug-likeness (QED) is 0.835. The lowest BCUT2D eigenvalue weighted by molar-refractivity contribution is 0.340. The van der Waals surface area contributed by atoms with Crippen molar-refractivity contribution in [1.29, 1.82) is 0 Å². The highest BCUT2D eigenvalue weighted by molar-refractivity contribution is 6.34. The van der Waals surface area contributed by atoms with E-state index in [1.54, 1.807) is 6.07 Å². The molecule has 0 saturated carbocycles. The molecule has 0 bridgehead atoms. The lowest BCUT2D eigenvalue weighted by atomic mass is 9.98. The van der Waals surface area contributed by atoms with Gasteiger partial charge in [0.1, 0.15) is 5.75 Å². The zero-order valence-electron chi connectivity index (χ0n) is 12.4.